The first-order valence-corrected chi connectivity index (χ1v) is 9.34. The Balaban J connectivity index is 1.75. The molecule has 0 amide bonds. The minimum Gasteiger partial charge on any atom is -0.305 e. The zero-order valence-electron chi connectivity index (χ0n) is 14.5. The average Bonchev–Trinajstić information content (AvgIpc) is 3.20. The molecule has 0 atom stereocenters. The highest BCUT2D eigenvalue weighted by Crippen LogP contribution is 2.30. The quantitative estimate of drug-likeness (QED) is 0.565. The zero-order chi connectivity index (χ0) is 18.3. The standard InChI is InChI=1S/C20H18FN3OS/c1-12(2)24-17-9-5-7-15(18(17)23-20(24)25)19-22-14(11-26-19)10-13-6-3-4-8-16(13)21/h3-9,11-12H,10H2,1-2H3,(H,23,25). The van der Waals surface area contributed by atoms with Gasteiger partial charge in [0, 0.05) is 23.4 Å². The maximum atomic E-state index is 13.9. The third kappa shape index (κ3) is 2.86. The van der Waals surface area contributed by atoms with E-state index in [1.807, 2.05) is 43.5 Å². The molecule has 0 aliphatic heterocycles. The van der Waals surface area contributed by atoms with Gasteiger partial charge in [0.1, 0.15) is 10.8 Å². The van der Waals surface area contributed by atoms with E-state index in [1.165, 1.54) is 17.4 Å². The van der Waals surface area contributed by atoms with E-state index in [1.54, 1.807) is 16.7 Å². The van der Waals surface area contributed by atoms with Crippen LogP contribution in [0.15, 0.2) is 52.6 Å². The molecule has 0 aliphatic carbocycles. The fraction of sp³-hybridized carbons (Fsp3) is 0.200. The number of aromatic amines is 1. The number of aromatic nitrogens is 3. The van der Waals surface area contributed by atoms with Crippen molar-refractivity contribution < 1.29 is 4.39 Å². The molecule has 0 radical (unpaired) electrons. The molecule has 2 aromatic carbocycles. The second-order valence-corrected chi connectivity index (χ2v) is 7.36. The highest BCUT2D eigenvalue weighted by Gasteiger charge is 2.15. The molecule has 0 bridgehead atoms. The van der Waals surface area contributed by atoms with Crippen LogP contribution in [-0.2, 0) is 6.42 Å². The van der Waals surface area contributed by atoms with Crippen molar-refractivity contribution >= 4 is 22.4 Å². The lowest BCUT2D eigenvalue weighted by Crippen LogP contribution is -2.18. The minimum absolute atomic E-state index is 0.0689. The predicted octanol–water partition coefficient (Wildman–Crippen LogP) is 4.76. The Morgan fingerprint density at radius 2 is 2.00 bits per heavy atom. The summed E-state index contributed by atoms with van der Waals surface area (Å²) >= 11 is 1.50. The number of para-hydroxylation sites is 1. The molecule has 0 unspecified atom stereocenters. The molecule has 0 fully saturated rings. The fourth-order valence-corrected chi connectivity index (χ4v) is 4.04. The number of nitrogens with one attached hydrogen (secondary N) is 1. The molecule has 0 spiro atoms. The van der Waals surface area contributed by atoms with Gasteiger partial charge in [-0.1, -0.05) is 24.3 Å². The van der Waals surface area contributed by atoms with Crippen LogP contribution in [0.5, 0.6) is 0 Å². The minimum atomic E-state index is -0.220. The summed E-state index contributed by atoms with van der Waals surface area (Å²) in [5, 5.41) is 2.76. The molecule has 0 saturated carbocycles. The molecule has 4 aromatic rings. The van der Waals surface area contributed by atoms with Crippen molar-refractivity contribution in [1.82, 2.24) is 14.5 Å². The Morgan fingerprint density at radius 1 is 1.19 bits per heavy atom. The van der Waals surface area contributed by atoms with E-state index in [0.717, 1.165) is 27.3 Å². The number of imidazole rings is 1. The largest absolute Gasteiger partial charge is 0.326 e. The van der Waals surface area contributed by atoms with E-state index < -0.39 is 0 Å². The summed E-state index contributed by atoms with van der Waals surface area (Å²) in [6.45, 7) is 3.97. The van der Waals surface area contributed by atoms with Crippen molar-refractivity contribution in [3.63, 3.8) is 0 Å². The Hall–Kier alpha value is -2.73. The van der Waals surface area contributed by atoms with Crippen LogP contribution >= 0.6 is 11.3 Å². The molecule has 4 rings (SSSR count). The van der Waals surface area contributed by atoms with E-state index in [-0.39, 0.29) is 17.5 Å². The average molecular weight is 367 g/mol. The lowest BCUT2D eigenvalue weighted by Gasteiger charge is -2.07. The molecule has 1 N–H and O–H groups in total. The third-order valence-corrected chi connectivity index (χ3v) is 5.31. The molecule has 2 aromatic heterocycles. The van der Waals surface area contributed by atoms with Crippen LogP contribution in [0.25, 0.3) is 21.6 Å². The number of hydrogen-bond donors (Lipinski definition) is 1. The smallest absolute Gasteiger partial charge is 0.305 e. The van der Waals surface area contributed by atoms with Gasteiger partial charge in [0.05, 0.1) is 16.7 Å². The van der Waals surface area contributed by atoms with Crippen molar-refractivity contribution in [3.05, 3.63) is 75.4 Å². The highest BCUT2D eigenvalue weighted by molar-refractivity contribution is 7.13. The van der Waals surface area contributed by atoms with E-state index >= 15 is 0 Å². The maximum Gasteiger partial charge on any atom is 0.326 e. The van der Waals surface area contributed by atoms with Crippen LogP contribution in [0.4, 0.5) is 4.39 Å². The highest BCUT2D eigenvalue weighted by atomic mass is 32.1. The first kappa shape index (κ1) is 16.7. The number of halogens is 1. The van der Waals surface area contributed by atoms with Gasteiger partial charge in [-0.15, -0.1) is 11.3 Å². The number of benzene rings is 2. The first-order valence-electron chi connectivity index (χ1n) is 8.46. The summed E-state index contributed by atoms with van der Waals surface area (Å²) in [6, 6.07) is 12.6. The van der Waals surface area contributed by atoms with Gasteiger partial charge in [-0.3, -0.25) is 4.57 Å². The van der Waals surface area contributed by atoms with Crippen LogP contribution < -0.4 is 5.69 Å². The number of nitrogens with zero attached hydrogens (tertiary/aromatic N) is 2. The van der Waals surface area contributed by atoms with Crippen LogP contribution in [0.2, 0.25) is 0 Å². The molecule has 6 heteroatoms. The maximum absolute atomic E-state index is 13.9. The van der Waals surface area contributed by atoms with Crippen molar-refractivity contribution in [2.45, 2.75) is 26.3 Å². The lowest BCUT2D eigenvalue weighted by molar-refractivity contribution is 0.598. The van der Waals surface area contributed by atoms with E-state index in [4.69, 9.17) is 0 Å². The summed E-state index contributed by atoms with van der Waals surface area (Å²) in [5.74, 6) is -0.220. The summed E-state index contributed by atoms with van der Waals surface area (Å²) in [5.41, 5.74) is 3.88. The van der Waals surface area contributed by atoms with Gasteiger partial charge in [-0.25, -0.2) is 14.2 Å². The molecule has 4 nitrogen and oxygen atoms in total. The normalized spacial score (nSPS) is 11.5. The summed E-state index contributed by atoms with van der Waals surface area (Å²) < 4.78 is 15.6. The van der Waals surface area contributed by atoms with Crippen LogP contribution in [0.3, 0.4) is 0 Å². The van der Waals surface area contributed by atoms with Gasteiger partial charge in [0.25, 0.3) is 0 Å². The summed E-state index contributed by atoms with van der Waals surface area (Å²) in [6.07, 6.45) is 0.447. The third-order valence-electron chi connectivity index (χ3n) is 4.38. The molecular formula is C20H18FN3OS. The number of rotatable bonds is 4. The number of H-pyrrole nitrogens is 1. The molecule has 26 heavy (non-hydrogen) atoms. The molecule has 132 valence electrons. The van der Waals surface area contributed by atoms with Gasteiger partial charge in [0.15, 0.2) is 0 Å². The van der Waals surface area contributed by atoms with Gasteiger partial charge < -0.3 is 4.98 Å². The monoisotopic (exact) mass is 367 g/mol. The van der Waals surface area contributed by atoms with Crippen LogP contribution in [0, 0.1) is 5.82 Å². The van der Waals surface area contributed by atoms with Gasteiger partial charge >= 0.3 is 5.69 Å². The van der Waals surface area contributed by atoms with Crippen LogP contribution in [-0.4, -0.2) is 14.5 Å². The Kier molecular flexibility index (Phi) is 4.20. The Labute approximate surface area is 154 Å². The second kappa shape index (κ2) is 6.53. The van der Waals surface area contributed by atoms with E-state index in [0.29, 0.717) is 12.0 Å². The van der Waals surface area contributed by atoms with E-state index in [9.17, 15) is 9.18 Å². The Morgan fingerprint density at radius 3 is 2.77 bits per heavy atom. The van der Waals surface area contributed by atoms with Gasteiger partial charge in [-0.05, 0) is 37.6 Å². The van der Waals surface area contributed by atoms with Crippen molar-refractivity contribution in [2.75, 3.05) is 0 Å². The van der Waals surface area contributed by atoms with Crippen molar-refractivity contribution in [3.8, 4) is 10.6 Å². The first-order chi connectivity index (χ1) is 12.5. The van der Waals surface area contributed by atoms with Crippen molar-refractivity contribution in [2.24, 2.45) is 0 Å². The molecule has 0 saturated heterocycles. The lowest BCUT2D eigenvalue weighted by atomic mass is 10.1. The van der Waals surface area contributed by atoms with Gasteiger partial charge in [0.2, 0.25) is 0 Å². The van der Waals surface area contributed by atoms with Gasteiger partial charge in [-0.2, -0.15) is 0 Å². The molecule has 2 heterocycles. The number of hydrogen-bond acceptors (Lipinski definition) is 3. The topological polar surface area (TPSA) is 50.7 Å². The van der Waals surface area contributed by atoms with E-state index in [2.05, 4.69) is 9.97 Å². The van der Waals surface area contributed by atoms with Crippen molar-refractivity contribution in [1.29, 1.82) is 0 Å². The second-order valence-electron chi connectivity index (χ2n) is 6.51. The number of fused-ring (bicyclic) bond motifs is 1. The molecular weight excluding hydrogens is 349 g/mol. The fourth-order valence-electron chi connectivity index (χ4n) is 3.19. The summed E-state index contributed by atoms with van der Waals surface area (Å²) in [7, 11) is 0. The molecule has 0 aliphatic rings. The summed E-state index contributed by atoms with van der Waals surface area (Å²) in [4.78, 5) is 19.9. The number of thiazole rings is 1. The zero-order valence-corrected chi connectivity index (χ0v) is 15.3. The Bertz CT molecular complexity index is 1140. The SMILES string of the molecule is CC(C)n1c(=O)[nH]c2c(-c3nc(Cc4ccccc4F)cs3)cccc21. The van der Waals surface area contributed by atoms with Crippen LogP contribution in [0.1, 0.15) is 31.1 Å². The predicted molar refractivity (Wildman–Crippen MR) is 103 cm³/mol.